The molecule has 334 valence electrons. The number of nitrogens with zero attached hydrogens (tertiary/aromatic N) is 2. The lowest BCUT2D eigenvalue weighted by atomic mass is 9.67. The third-order valence-corrected chi connectivity index (χ3v) is 14.5. The summed E-state index contributed by atoms with van der Waals surface area (Å²) in [5, 5.41) is 4.92. The van der Waals surface area contributed by atoms with Crippen molar-refractivity contribution < 1.29 is 0 Å². The van der Waals surface area contributed by atoms with Gasteiger partial charge in [0.05, 0.1) is 5.41 Å². The minimum Gasteiger partial charge on any atom is -0.311 e. The van der Waals surface area contributed by atoms with Gasteiger partial charge in [0.25, 0.3) is 0 Å². The van der Waals surface area contributed by atoms with Crippen molar-refractivity contribution in [1.29, 1.82) is 0 Å². The number of rotatable bonds is 10. The van der Waals surface area contributed by atoms with Gasteiger partial charge in [0.15, 0.2) is 0 Å². The molecule has 0 unspecified atom stereocenters. The lowest BCUT2D eigenvalue weighted by Gasteiger charge is -2.34. The zero-order valence-electron chi connectivity index (χ0n) is 39.1. The fourth-order valence-corrected chi connectivity index (χ4v) is 11.5. The van der Waals surface area contributed by atoms with Crippen molar-refractivity contribution in [2.75, 3.05) is 9.80 Å². The van der Waals surface area contributed by atoms with Crippen LogP contribution in [-0.4, -0.2) is 0 Å². The van der Waals surface area contributed by atoms with E-state index in [1.807, 2.05) is 0 Å². The molecular weight excluding hydrogens is 857 g/mol. The molecule has 0 saturated heterocycles. The SMILES string of the molecule is c1ccc(N(c2ccccc2)c2ccc(N(c3ccccc3)c3ccc(-c4c5ccccc5c(-c5ccc6c(c5)C(c5ccccc5)(c5ccccc5)c5ccccc5-6)c5ccccc45)cc3)cc2)cc1. The first kappa shape index (κ1) is 41.9. The van der Waals surface area contributed by atoms with Gasteiger partial charge >= 0.3 is 0 Å². The molecule has 0 aromatic heterocycles. The Morgan fingerprint density at radius 1 is 0.225 bits per heavy atom. The Morgan fingerprint density at radius 3 is 0.972 bits per heavy atom. The Hall–Kier alpha value is -9.24. The molecule has 0 amide bonds. The molecule has 0 heterocycles. The van der Waals surface area contributed by atoms with Gasteiger partial charge in [0, 0.05) is 34.1 Å². The molecule has 0 atom stereocenters. The summed E-state index contributed by atoms with van der Waals surface area (Å²) in [5.74, 6) is 0. The average Bonchev–Trinajstić information content (AvgIpc) is 3.75. The van der Waals surface area contributed by atoms with E-state index in [4.69, 9.17) is 0 Å². The van der Waals surface area contributed by atoms with Crippen molar-refractivity contribution in [3.63, 3.8) is 0 Å². The van der Waals surface area contributed by atoms with Crippen LogP contribution < -0.4 is 9.80 Å². The van der Waals surface area contributed by atoms with Crippen LogP contribution in [0.1, 0.15) is 22.3 Å². The molecule has 2 heteroatoms. The Bertz CT molecular complexity index is 3700. The van der Waals surface area contributed by atoms with E-state index in [-0.39, 0.29) is 0 Å². The standard InChI is InChI=1S/C69H48N2/c1-6-22-51(23-7-1)69(52-24-8-2-9-25-52)65-37-21-20-32-59(65)60-47-40-50(48-66(60)69)68-63-35-18-16-33-61(63)67(62-34-17-19-36-64(62)68)49-38-41-56(42-39-49)71(55-30-14-5-15-31-55)58-45-43-57(44-46-58)70(53-26-10-3-11-27-53)54-28-12-4-13-29-54/h1-48H. The van der Waals surface area contributed by atoms with Crippen molar-refractivity contribution in [3.8, 4) is 33.4 Å². The van der Waals surface area contributed by atoms with Gasteiger partial charge < -0.3 is 9.80 Å². The molecule has 1 aliphatic rings. The maximum Gasteiger partial charge on any atom is 0.0713 e. The first-order valence-electron chi connectivity index (χ1n) is 24.5. The molecule has 12 aromatic rings. The highest BCUT2D eigenvalue weighted by Crippen LogP contribution is 2.57. The molecule has 12 aromatic carbocycles. The van der Waals surface area contributed by atoms with Gasteiger partial charge in [-0.3, -0.25) is 0 Å². The van der Waals surface area contributed by atoms with Crippen molar-refractivity contribution in [2.45, 2.75) is 5.41 Å². The summed E-state index contributed by atoms with van der Waals surface area (Å²) in [6, 6.07) is 106. The van der Waals surface area contributed by atoms with E-state index in [0.29, 0.717) is 0 Å². The Labute approximate surface area is 415 Å². The zero-order chi connectivity index (χ0) is 47.1. The quantitative estimate of drug-likeness (QED) is 0.126. The predicted molar refractivity (Wildman–Crippen MR) is 299 cm³/mol. The third kappa shape index (κ3) is 7.03. The summed E-state index contributed by atoms with van der Waals surface area (Å²) in [5.41, 5.74) is 18.7. The molecule has 0 radical (unpaired) electrons. The molecule has 1 aliphatic carbocycles. The second-order valence-corrected chi connectivity index (χ2v) is 18.4. The van der Waals surface area contributed by atoms with Crippen LogP contribution >= 0.6 is 0 Å². The molecule has 0 fully saturated rings. The van der Waals surface area contributed by atoms with Gasteiger partial charge in [-0.1, -0.05) is 212 Å². The van der Waals surface area contributed by atoms with Crippen molar-refractivity contribution in [1.82, 2.24) is 0 Å². The van der Waals surface area contributed by atoms with E-state index in [0.717, 1.165) is 34.1 Å². The van der Waals surface area contributed by atoms with Crippen LogP contribution in [0.15, 0.2) is 291 Å². The lowest BCUT2D eigenvalue weighted by Crippen LogP contribution is -2.28. The van der Waals surface area contributed by atoms with Crippen LogP contribution in [0, 0.1) is 0 Å². The summed E-state index contributed by atoms with van der Waals surface area (Å²) in [4.78, 5) is 4.65. The Balaban J connectivity index is 0.937. The van der Waals surface area contributed by atoms with Crippen molar-refractivity contribution in [3.05, 3.63) is 313 Å². The Kier molecular flexibility index (Phi) is 10.4. The van der Waals surface area contributed by atoms with Gasteiger partial charge in [-0.2, -0.15) is 0 Å². The van der Waals surface area contributed by atoms with Crippen LogP contribution in [0.3, 0.4) is 0 Å². The summed E-state index contributed by atoms with van der Waals surface area (Å²) in [6.45, 7) is 0. The van der Waals surface area contributed by atoms with Crippen molar-refractivity contribution in [2.24, 2.45) is 0 Å². The van der Waals surface area contributed by atoms with E-state index < -0.39 is 5.41 Å². The van der Waals surface area contributed by atoms with Crippen LogP contribution in [-0.2, 0) is 5.41 Å². The lowest BCUT2D eigenvalue weighted by molar-refractivity contribution is 0.769. The first-order valence-corrected chi connectivity index (χ1v) is 24.5. The van der Waals surface area contributed by atoms with Crippen molar-refractivity contribution >= 4 is 55.7 Å². The number of benzene rings is 12. The average molecular weight is 905 g/mol. The fourth-order valence-electron chi connectivity index (χ4n) is 11.5. The molecule has 0 N–H and O–H groups in total. The van der Waals surface area contributed by atoms with E-state index in [9.17, 15) is 0 Å². The maximum absolute atomic E-state index is 2.50. The molecule has 13 rings (SSSR count). The first-order chi connectivity index (χ1) is 35.3. The molecule has 0 aliphatic heterocycles. The number of anilines is 6. The molecule has 71 heavy (non-hydrogen) atoms. The predicted octanol–water partition coefficient (Wildman–Crippen LogP) is 18.6. The number of para-hydroxylation sites is 3. The number of hydrogen-bond acceptors (Lipinski definition) is 2. The largest absolute Gasteiger partial charge is 0.311 e. The second-order valence-electron chi connectivity index (χ2n) is 18.4. The fraction of sp³-hybridized carbons (Fsp3) is 0.0145. The number of fused-ring (bicyclic) bond motifs is 5. The highest BCUT2D eigenvalue weighted by molar-refractivity contribution is 6.21. The highest BCUT2D eigenvalue weighted by atomic mass is 15.2. The third-order valence-electron chi connectivity index (χ3n) is 14.5. The molecule has 0 spiro atoms. The van der Waals surface area contributed by atoms with E-state index in [1.54, 1.807) is 0 Å². The number of hydrogen-bond donors (Lipinski definition) is 0. The molecule has 2 nitrogen and oxygen atoms in total. The minimum absolute atomic E-state index is 0.488. The second kappa shape index (κ2) is 17.7. The Morgan fingerprint density at radius 2 is 0.535 bits per heavy atom. The normalized spacial score (nSPS) is 12.3. The molecule has 0 saturated carbocycles. The van der Waals surface area contributed by atoms with Gasteiger partial charge in [-0.05, 0) is 156 Å². The van der Waals surface area contributed by atoms with Gasteiger partial charge in [0.2, 0.25) is 0 Å². The molecular formula is C69H48N2. The van der Waals surface area contributed by atoms with Crippen LogP contribution in [0.2, 0.25) is 0 Å². The highest BCUT2D eigenvalue weighted by Gasteiger charge is 2.46. The van der Waals surface area contributed by atoms with Crippen LogP contribution in [0.4, 0.5) is 34.1 Å². The summed E-state index contributed by atoms with van der Waals surface area (Å²) in [7, 11) is 0. The minimum atomic E-state index is -0.488. The summed E-state index contributed by atoms with van der Waals surface area (Å²) >= 11 is 0. The molecule has 0 bridgehead atoms. The topological polar surface area (TPSA) is 6.48 Å². The van der Waals surface area contributed by atoms with E-state index in [2.05, 4.69) is 301 Å². The van der Waals surface area contributed by atoms with E-state index >= 15 is 0 Å². The van der Waals surface area contributed by atoms with Gasteiger partial charge in [0.1, 0.15) is 0 Å². The smallest absolute Gasteiger partial charge is 0.0713 e. The van der Waals surface area contributed by atoms with E-state index in [1.165, 1.54) is 77.2 Å². The van der Waals surface area contributed by atoms with Crippen LogP contribution in [0.25, 0.3) is 54.9 Å². The summed E-state index contributed by atoms with van der Waals surface area (Å²) in [6.07, 6.45) is 0. The van der Waals surface area contributed by atoms with Gasteiger partial charge in [-0.15, -0.1) is 0 Å². The maximum atomic E-state index is 2.50. The monoisotopic (exact) mass is 904 g/mol. The summed E-state index contributed by atoms with van der Waals surface area (Å²) < 4.78 is 0. The van der Waals surface area contributed by atoms with Crippen LogP contribution in [0.5, 0.6) is 0 Å². The zero-order valence-corrected chi connectivity index (χ0v) is 39.1. The van der Waals surface area contributed by atoms with Gasteiger partial charge in [-0.25, -0.2) is 0 Å².